The molecule has 7 heteroatoms. The summed E-state index contributed by atoms with van der Waals surface area (Å²) < 4.78 is 0. The maximum absolute atomic E-state index is 12.3. The zero-order valence-corrected chi connectivity index (χ0v) is 12.5. The molecule has 21 heavy (non-hydrogen) atoms. The second kappa shape index (κ2) is 5.34. The van der Waals surface area contributed by atoms with Gasteiger partial charge in [0.1, 0.15) is 0 Å². The van der Waals surface area contributed by atoms with Crippen LogP contribution in [0.25, 0.3) is 0 Å². The van der Waals surface area contributed by atoms with Gasteiger partial charge in [0.05, 0.1) is 16.8 Å². The van der Waals surface area contributed by atoms with Crippen molar-refractivity contribution in [2.45, 2.75) is 19.9 Å². The SMILES string of the molecule is CCNC(C)c1csc(N2C(=O)c3ccncc3C2=O)n1. The zero-order valence-electron chi connectivity index (χ0n) is 11.7. The lowest BCUT2D eigenvalue weighted by Crippen LogP contribution is -2.29. The summed E-state index contributed by atoms with van der Waals surface area (Å²) in [5.41, 5.74) is 1.54. The van der Waals surface area contributed by atoms with Crippen molar-refractivity contribution in [1.82, 2.24) is 15.3 Å². The van der Waals surface area contributed by atoms with Gasteiger partial charge in [-0.05, 0) is 19.5 Å². The van der Waals surface area contributed by atoms with Crippen LogP contribution >= 0.6 is 11.3 Å². The number of pyridine rings is 1. The number of aromatic nitrogens is 2. The topological polar surface area (TPSA) is 75.2 Å². The highest BCUT2D eigenvalue weighted by Crippen LogP contribution is 2.31. The molecule has 0 radical (unpaired) electrons. The molecule has 1 atom stereocenters. The summed E-state index contributed by atoms with van der Waals surface area (Å²) >= 11 is 1.29. The van der Waals surface area contributed by atoms with E-state index in [4.69, 9.17) is 0 Å². The van der Waals surface area contributed by atoms with Gasteiger partial charge >= 0.3 is 0 Å². The van der Waals surface area contributed by atoms with Crippen LogP contribution in [0.5, 0.6) is 0 Å². The van der Waals surface area contributed by atoms with E-state index in [1.54, 1.807) is 6.07 Å². The lowest BCUT2D eigenvalue weighted by Gasteiger charge is -2.10. The normalized spacial score (nSPS) is 15.4. The lowest BCUT2D eigenvalue weighted by atomic mass is 10.2. The highest BCUT2D eigenvalue weighted by Gasteiger charge is 2.38. The lowest BCUT2D eigenvalue weighted by molar-refractivity contribution is 0.0926. The van der Waals surface area contributed by atoms with Crippen LogP contribution in [0.4, 0.5) is 5.13 Å². The Morgan fingerprint density at radius 3 is 2.81 bits per heavy atom. The number of nitrogens with zero attached hydrogens (tertiary/aromatic N) is 3. The Bertz CT molecular complexity index is 678. The predicted molar refractivity (Wildman–Crippen MR) is 79.6 cm³/mol. The first kappa shape index (κ1) is 13.8. The van der Waals surface area contributed by atoms with Gasteiger partial charge in [-0.25, -0.2) is 9.88 Å². The molecule has 108 valence electrons. The molecule has 0 bridgehead atoms. The van der Waals surface area contributed by atoms with Crippen molar-refractivity contribution in [3.05, 3.63) is 40.7 Å². The molecule has 0 spiro atoms. The summed E-state index contributed by atoms with van der Waals surface area (Å²) in [6, 6.07) is 1.64. The quantitative estimate of drug-likeness (QED) is 0.874. The monoisotopic (exact) mass is 302 g/mol. The van der Waals surface area contributed by atoms with E-state index in [0.29, 0.717) is 16.3 Å². The van der Waals surface area contributed by atoms with Crippen molar-refractivity contribution in [3.63, 3.8) is 0 Å². The molecule has 1 N–H and O–H groups in total. The van der Waals surface area contributed by atoms with Crippen LogP contribution in [0.1, 0.15) is 46.3 Å². The molecule has 3 heterocycles. The van der Waals surface area contributed by atoms with E-state index in [1.165, 1.54) is 23.7 Å². The van der Waals surface area contributed by atoms with E-state index in [-0.39, 0.29) is 17.9 Å². The molecule has 1 aliphatic heterocycles. The summed E-state index contributed by atoms with van der Waals surface area (Å²) in [6.45, 7) is 4.84. The molecule has 2 amide bonds. The largest absolute Gasteiger partial charge is 0.309 e. The smallest absolute Gasteiger partial charge is 0.269 e. The van der Waals surface area contributed by atoms with Gasteiger partial charge in [0, 0.05) is 23.8 Å². The highest BCUT2D eigenvalue weighted by molar-refractivity contribution is 7.14. The standard InChI is InChI=1S/C14H14N4O2S/c1-3-16-8(2)11-7-21-14(17-11)18-12(19)9-4-5-15-6-10(9)13(18)20/h4-8,16H,3H2,1-2H3. The second-order valence-electron chi connectivity index (χ2n) is 4.70. The molecule has 6 nitrogen and oxygen atoms in total. The molecule has 0 aliphatic carbocycles. The van der Waals surface area contributed by atoms with E-state index in [2.05, 4.69) is 15.3 Å². The Kier molecular flexibility index (Phi) is 3.52. The highest BCUT2D eigenvalue weighted by atomic mass is 32.1. The molecule has 2 aromatic heterocycles. The molecule has 2 aromatic rings. The van der Waals surface area contributed by atoms with Crippen molar-refractivity contribution in [2.24, 2.45) is 0 Å². The van der Waals surface area contributed by atoms with Gasteiger partial charge in [0.2, 0.25) is 0 Å². The van der Waals surface area contributed by atoms with E-state index in [0.717, 1.165) is 17.1 Å². The Morgan fingerprint density at radius 1 is 1.33 bits per heavy atom. The fraction of sp³-hybridized carbons (Fsp3) is 0.286. The maximum Gasteiger partial charge on any atom is 0.269 e. The number of thiazole rings is 1. The average Bonchev–Trinajstić information content (AvgIpc) is 3.05. The second-order valence-corrected chi connectivity index (χ2v) is 5.54. The van der Waals surface area contributed by atoms with E-state index >= 15 is 0 Å². The molecule has 0 saturated carbocycles. The molecule has 0 saturated heterocycles. The first-order chi connectivity index (χ1) is 10.1. The molecule has 0 fully saturated rings. The minimum Gasteiger partial charge on any atom is -0.309 e. The first-order valence-electron chi connectivity index (χ1n) is 6.65. The van der Waals surface area contributed by atoms with E-state index < -0.39 is 0 Å². The Labute approximate surface area is 125 Å². The zero-order chi connectivity index (χ0) is 15.0. The van der Waals surface area contributed by atoms with E-state index in [1.807, 2.05) is 19.2 Å². The number of hydrogen-bond donors (Lipinski definition) is 1. The fourth-order valence-corrected chi connectivity index (χ4v) is 3.16. The van der Waals surface area contributed by atoms with Crippen LogP contribution in [0.15, 0.2) is 23.8 Å². The van der Waals surface area contributed by atoms with Crippen LogP contribution in [0.2, 0.25) is 0 Å². The third-order valence-corrected chi connectivity index (χ3v) is 4.19. The number of carbonyl (C=O) groups excluding carboxylic acids is 2. The summed E-state index contributed by atoms with van der Waals surface area (Å²) in [5, 5.41) is 5.52. The molecule has 1 unspecified atom stereocenters. The minimum atomic E-state index is -0.361. The van der Waals surface area contributed by atoms with Crippen LogP contribution in [-0.4, -0.2) is 28.3 Å². The number of amides is 2. The van der Waals surface area contributed by atoms with Crippen molar-refractivity contribution < 1.29 is 9.59 Å². The molecule has 1 aliphatic rings. The van der Waals surface area contributed by atoms with Crippen LogP contribution in [0, 0.1) is 0 Å². The number of anilines is 1. The Balaban J connectivity index is 1.93. The summed E-state index contributed by atoms with van der Waals surface area (Å²) in [7, 11) is 0. The molecule has 0 aromatic carbocycles. The summed E-state index contributed by atoms with van der Waals surface area (Å²) in [4.78, 5) is 34.1. The molecule has 3 rings (SSSR count). The van der Waals surface area contributed by atoms with Crippen molar-refractivity contribution >= 4 is 28.3 Å². The van der Waals surface area contributed by atoms with Gasteiger partial charge in [0.15, 0.2) is 5.13 Å². The Hall–Kier alpha value is -2.12. The van der Waals surface area contributed by atoms with Gasteiger partial charge < -0.3 is 5.32 Å². The van der Waals surface area contributed by atoms with Gasteiger partial charge in [0.25, 0.3) is 11.8 Å². The van der Waals surface area contributed by atoms with Crippen LogP contribution in [-0.2, 0) is 0 Å². The third kappa shape index (κ3) is 2.24. The number of imide groups is 1. The number of rotatable bonds is 4. The van der Waals surface area contributed by atoms with Crippen LogP contribution in [0.3, 0.4) is 0 Å². The van der Waals surface area contributed by atoms with E-state index in [9.17, 15) is 9.59 Å². The molecular weight excluding hydrogens is 288 g/mol. The third-order valence-electron chi connectivity index (χ3n) is 3.34. The molecular formula is C14H14N4O2S. The fourth-order valence-electron chi connectivity index (χ4n) is 2.25. The van der Waals surface area contributed by atoms with Crippen molar-refractivity contribution in [1.29, 1.82) is 0 Å². The predicted octanol–water partition coefficient (Wildman–Crippen LogP) is 2.01. The van der Waals surface area contributed by atoms with Gasteiger partial charge in [-0.1, -0.05) is 6.92 Å². The number of nitrogens with one attached hydrogen (secondary N) is 1. The van der Waals surface area contributed by atoms with Gasteiger partial charge in [-0.2, -0.15) is 0 Å². The maximum atomic E-state index is 12.3. The van der Waals surface area contributed by atoms with Gasteiger partial charge in [-0.3, -0.25) is 14.6 Å². The van der Waals surface area contributed by atoms with Crippen molar-refractivity contribution in [2.75, 3.05) is 11.4 Å². The summed E-state index contributed by atoms with van der Waals surface area (Å²) in [6.07, 6.45) is 2.93. The summed E-state index contributed by atoms with van der Waals surface area (Å²) in [5.74, 6) is -0.700. The number of hydrogen-bond acceptors (Lipinski definition) is 6. The first-order valence-corrected chi connectivity index (χ1v) is 7.53. The van der Waals surface area contributed by atoms with Crippen LogP contribution < -0.4 is 10.2 Å². The number of carbonyl (C=O) groups is 2. The van der Waals surface area contributed by atoms with Gasteiger partial charge in [-0.15, -0.1) is 11.3 Å². The van der Waals surface area contributed by atoms with Crippen molar-refractivity contribution in [3.8, 4) is 0 Å². The number of fused-ring (bicyclic) bond motifs is 1. The average molecular weight is 302 g/mol. The minimum absolute atomic E-state index is 0.0804. The Morgan fingerprint density at radius 2 is 2.10 bits per heavy atom.